The number of rotatable bonds is 20. The smallest absolute Gasteiger partial charge is 0.303 e. The zero-order valence-corrected chi connectivity index (χ0v) is 16.5. The monoisotopic (exact) mass is 360 g/mol. The second-order valence-corrected chi connectivity index (χ2v) is 6.59. The van der Waals surface area contributed by atoms with Crippen LogP contribution in [0.5, 0.6) is 0 Å². The Morgan fingerprint density at radius 1 is 0.760 bits per heavy atom. The number of hydrogen-bond donors (Lipinski definition) is 1. The van der Waals surface area contributed by atoms with Crippen LogP contribution >= 0.6 is 0 Å². The summed E-state index contributed by atoms with van der Waals surface area (Å²) in [6, 6.07) is 0. The molecule has 0 spiro atoms. The molecular formula is C20H40O5. The van der Waals surface area contributed by atoms with Crippen molar-refractivity contribution in [2.24, 2.45) is 0 Å². The van der Waals surface area contributed by atoms with Gasteiger partial charge >= 0.3 is 5.97 Å². The Morgan fingerprint density at radius 2 is 1.20 bits per heavy atom. The van der Waals surface area contributed by atoms with E-state index in [9.17, 15) is 4.79 Å². The van der Waals surface area contributed by atoms with E-state index in [1.165, 1.54) is 64.2 Å². The minimum absolute atomic E-state index is 0.325. The maximum atomic E-state index is 10.4. The number of unbranched alkanes of at least 4 members (excludes halogenated alkanes) is 12. The van der Waals surface area contributed by atoms with Gasteiger partial charge in [-0.2, -0.15) is 0 Å². The van der Waals surface area contributed by atoms with E-state index >= 15 is 0 Å². The molecule has 0 heterocycles. The van der Waals surface area contributed by atoms with E-state index in [-0.39, 0.29) is 0 Å². The van der Waals surface area contributed by atoms with Gasteiger partial charge in [-0.15, -0.1) is 0 Å². The molecule has 0 amide bonds. The summed E-state index contributed by atoms with van der Waals surface area (Å²) in [4.78, 5) is 10.4. The van der Waals surface area contributed by atoms with Crippen molar-refractivity contribution < 1.29 is 24.1 Å². The summed E-state index contributed by atoms with van der Waals surface area (Å²) in [5, 5.41) is 8.55. The van der Waals surface area contributed by atoms with Crippen LogP contribution < -0.4 is 0 Å². The lowest BCUT2D eigenvalue weighted by atomic mass is 10.0. The molecule has 5 heteroatoms. The molecule has 1 atom stereocenters. The van der Waals surface area contributed by atoms with E-state index in [1.807, 2.05) is 6.92 Å². The largest absolute Gasteiger partial charge is 0.481 e. The Labute approximate surface area is 154 Å². The number of carboxylic acids is 1. The van der Waals surface area contributed by atoms with Crippen LogP contribution in [0.25, 0.3) is 0 Å². The number of ether oxygens (including phenoxy) is 3. The lowest BCUT2D eigenvalue weighted by Gasteiger charge is -2.15. The average Bonchev–Trinajstić information content (AvgIpc) is 2.60. The van der Waals surface area contributed by atoms with Crippen LogP contribution in [0.4, 0.5) is 0 Å². The third kappa shape index (κ3) is 19.5. The van der Waals surface area contributed by atoms with Crippen LogP contribution in [0.15, 0.2) is 0 Å². The summed E-state index contributed by atoms with van der Waals surface area (Å²) in [6.45, 7) is 2.72. The number of hydrogen-bond acceptors (Lipinski definition) is 4. The van der Waals surface area contributed by atoms with Crippen LogP contribution in [0, 0.1) is 0 Å². The predicted octanol–water partition coefficient (Wildman–Crippen LogP) is 5.52. The Hall–Kier alpha value is -0.650. The van der Waals surface area contributed by atoms with Gasteiger partial charge in [-0.3, -0.25) is 4.79 Å². The van der Waals surface area contributed by atoms with E-state index in [2.05, 4.69) is 0 Å². The van der Waals surface area contributed by atoms with Crippen molar-refractivity contribution in [2.45, 2.75) is 103 Å². The number of methoxy groups -OCH3 is 1. The van der Waals surface area contributed by atoms with Crippen LogP contribution in [0.1, 0.15) is 96.8 Å². The molecule has 0 aromatic carbocycles. The highest BCUT2D eigenvalue weighted by Crippen LogP contribution is 2.13. The van der Waals surface area contributed by atoms with Crippen LogP contribution in [0.3, 0.4) is 0 Å². The first-order valence-electron chi connectivity index (χ1n) is 10.2. The molecule has 0 aliphatic heterocycles. The molecule has 0 saturated carbocycles. The SMILES string of the molecule is CCOC(OC)OCCCCCCCCCCCCCCCC(=O)O. The Morgan fingerprint density at radius 3 is 1.60 bits per heavy atom. The maximum absolute atomic E-state index is 10.4. The third-order valence-electron chi connectivity index (χ3n) is 4.28. The quantitative estimate of drug-likeness (QED) is 0.229. The normalized spacial score (nSPS) is 12.4. The predicted molar refractivity (Wildman–Crippen MR) is 101 cm³/mol. The molecule has 0 saturated heterocycles. The summed E-state index contributed by atoms with van der Waals surface area (Å²) < 4.78 is 15.8. The number of aliphatic carboxylic acids is 1. The van der Waals surface area contributed by atoms with Gasteiger partial charge in [0.1, 0.15) is 0 Å². The van der Waals surface area contributed by atoms with Gasteiger partial charge in [0.15, 0.2) is 0 Å². The molecule has 0 bridgehead atoms. The van der Waals surface area contributed by atoms with Gasteiger partial charge in [-0.05, 0) is 19.8 Å². The summed E-state index contributed by atoms with van der Waals surface area (Å²) in [5.74, 6) is -0.669. The molecule has 5 nitrogen and oxygen atoms in total. The molecule has 0 aromatic rings. The van der Waals surface area contributed by atoms with Gasteiger partial charge in [0, 0.05) is 20.1 Å². The lowest BCUT2D eigenvalue weighted by molar-refractivity contribution is -0.275. The van der Waals surface area contributed by atoms with E-state index in [4.69, 9.17) is 19.3 Å². The number of carboxylic acid groups (broad SMARTS) is 1. The molecule has 0 aliphatic carbocycles. The molecular weight excluding hydrogens is 320 g/mol. The highest BCUT2D eigenvalue weighted by atomic mass is 16.8. The van der Waals surface area contributed by atoms with Gasteiger partial charge < -0.3 is 19.3 Å². The first kappa shape index (κ1) is 24.4. The highest BCUT2D eigenvalue weighted by molar-refractivity contribution is 5.66. The standard InChI is InChI=1S/C20H40O5/c1-3-24-20(23-2)25-18-16-14-12-10-8-6-4-5-7-9-11-13-15-17-19(21)22/h20H,3-18H2,1-2H3,(H,21,22). The molecule has 0 rings (SSSR count). The molecule has 0 aliphatic rings. The zero-order valence-electron chi connectivity index (χ0n) is 16.5. The van der Waals surface area contributed by atoms with Crippen LogP contribution in [-0.4, -0.2) is 37.9 Å². The number of carbonyl (C=O) groups is 1. The maximum Gasteiger partial charge on any atom is 0.303 e. The van der Waals surface area contributed by atoms with Crippen molar-refractivity contribution in [1.82, 2.24) is 0 Å². The molecule has 0 radical (unpaired) electrons. The van der Waals surface area contributed by atoms with Crippen LogP contribution in [-0.2, 0) is 19.0 Å². The Bertz CT molecular complexity index is 283. The van der Waals surface area contributed by atoms with E-state index in [0.717, 1.165) is 19.3 Å². The first-order valence-corrected chi connectivity index (χ1v) is 10.2. The van der Waals surface area contributed by atoms with Crippen molar-refractivity contribution in [3.63, 3.8) is 0 Å². The van der Waals surface area contributed by atoms with Crippen molar-refractivity contribution in [2.75, 3.05) is 20.3 Å². The fourth-order valence-electron chi connectivity index (χ4n) is 2.82. The summed E-state index contributed by atoms with van der Waals surface area (Å²) in [6.07, 6.45) is 16.1. The van der Waals surface area contributed by atoms with E-state index < -0.39 is 12.4 Å². The fraction of sp³-hybridized carbons (Fsp3) is 0.950. The molecule has 1 N–H and O–H groups in total. The molecule has 25 heavy (non-hydrogen) atoms. The van der Waals surface area contributed by atoms with Crippen molar-refractivity contribution >= 4 is 5.97 Å². The summed E-state index contributed by atoms with van der Waals surface area (Å²) in [7, 11) is 1.60. The lowest BCUT2D eigenvalue weighted by Crippen LogP contribution is -2.19. The van der Waals surface area contributed by atoms with Crippen LogP contribution in [0.2, 0.25) is 0 Å². The highest BCUT2D eigenvalue weighted by Gasteiger charge is 2.05. The second-order valence-electron chi connectivity index (χ2n) is 6.59. The average molecular weight is 361 g/mol. The Balaban J connectivity index is 3.10. The molecule has 150 valence electrons. The zero-order chi connectivity index (χ0) is 18.6. The minimum Gasteiger partial charge on any atom is -0.481 e. The van der Waals surface area contributed by atoms with Crippen molar-refractivity contribution in [3.8, 4) is 0 Å². The Kier molecular flexibility index (Phi) is 19.2. The van der Waals surface area contributed by atoms with Gasteiger partial charge in [-0.1, -0.05) is 70.6 Å². The molecule has 0 fully saturated rings. The van der Waals surface area contributed by atoms with E-state index in [1.54, 1.807) is 7.11 Å². The fourth-order valence-corrected chi connectivity index (χ4v) is 2.82. The van der Waals surface area contributed by atoms with Gasteiger partial charge in [0.25, 0.3) is 6.48 Å². The van der Waals surface area contributed by atoms with Gasteiger partial charge in [0.05, 0.1) is 6.61 Å². The van der Waals surface area contributed by atoms with Gasteiger partial charge in [0.2, 0.25) is 0 Å². The first-order chi connectivity index (χ1) is 12.2. The van der Waals surface area contributed by atoms with Crippen molar-refractivity contribution in [1.29, 1.82) is 0 Å². The third-order valence-corrected chi connectivity index (χ3v) is 4.28. The second kappa shape index (κ2) is 19.7. The van der Waals surface area contributed by atoms with E-state index in [0.29, 0.717) is 19.6 Å². The molecule has 0 aromatic heterocycles. The van der Waals surface area contributed by atoms with Gasteiger partial charge in [-0.25, -0.2) is 0 Å². The topological polar surface area (TPSA) is 65.0 Å². The minimum atomic E-state index is -0.669. The van der Waals surface area contributed by atoms with Crippen molar-refractivity contribution in [3.05, 3.63) is 0 Å². The summed E-state index contributed by atoms with van der Waals surface area (Å²) in [5.41, 5.74) is 0. The summed E-state index contributed by atoms with van der Waals surface area (Å²) >= 11 is 0. The molecule has 1 unspecified atom stereocenters.